The smallest absolute Gasteiger partial charge is 0.225 e. The normalized spacial score (nSPS) is 16.1. The molecular formula is C16H30N2OS. The van der Waals surface area contributed by atoms with Gasteiger partial charge >= 0.3 is 0 Å². The molecule has 0 aromatic carbocycles. The van der Waals surface area contributed by atoms with E-state index in [2.05, 4.69) is 6.92 Å². The lowest BCUT2D eigenvalue weighted by molar-refractivity contribution is -0.136. The Morgan fingerprint density at radius 2 is 1.85 bits per heavy atom. The number of hydrogen-bond donors (Lipinski definition) is 1. The number of nitrogens with two attached hydrogens (primary N) is 1. The van der Waals surface area contributed by atoms with Gasteiger partial charge in [0.2, 0.25) is 5.91 Å². The Hall–Kier alpha value is -0.640. The second-order valence-electron chi connectivity index (χ2n) is 5.94. The van der Waals surface area contributed by atoms with E-state index in [1.54, 1.807) is 0 Å². The molecule has 0 heterocycles. The van der Waals surface area contributed by atoms with E-state index < -0.39 is 0 Å². The first-order valence-corrected chi connectivity index (χ1v) is 8.63. The summed E-state index contributed by atoms with van der Waals surface area (Å²) in [6.07, 6.45) is 11.3. The number of amides is 1. The molecule has 0 unspecified atom stereocenters. The van der Waals surface area contributed by atoms with Gasteiger partial charge in [-0.05, 0) is 19.3 Å². The molecule has 0 spiro atoms. The van der Waals surface area contributed by atoms with Crippen LogP contribution < -0.4 is 5.73 Å². The Balaban J connectivity index is 2.45. The lowest BCUT2D eigenvalue weighted by Gasteiger charge is -2.29. The van der Waals surface area contributed by atoms with Crippen LogP contribution in [0.15, 0.2) is 0 Å². The molecule has 0 aromatic rings. The number of carbonyl (C=O) groups is 1. The van der Waals surface area contributed by atoms with Crippen molar-refractivity contribution in [2.45, 2.75) is 71.1 Å². The van der Waals surface area contributed by atoms with Gasteiger partial charge in [-0.25, -0.2) is 0 Å². The van der Waals surface area contributed by atoms with Gasteiger partial charge in [0.15, 0.2) is 0 Å². The van der Waals surface area contributed by atoms with Gasteiger partial charge in [-0.3, -0.25) is 4.79 Å². The number of hydrogen-bond acceptors (Lipinski definition) is 2. The third-order valence-corrected chi connectivity index (χ3v) is 4.38. The Bertz CT molecular complexity index is 301. The summed E-state index contributed by atoms with van der Waals surface area (Å²) in [5, 5.41) is 0. The molecule has 0 bridgehead atoms. The minimum atomic E-state index is 0.251. The fourth-order valence-corrected chi connectivity index (χ4v) is 3.01. The first-order valence-electron chi connectivity index (χ1n) is 8.22. The molecule has 0 saturated heterocycles. The van der Waals surface area contributed by atoms with Crippen molar-refractivity contribution in [1.29, 1.82) is 0 Å². The van der Waals surface area contributed by atoms with Crippen LogP contribution in [0.2, 0.25) is 0 Å². The minimum absolute atomic E-state index is 0.251. The number of nitrogens with zero attached hydrogens (tertiary/aromatic N) is 1. The lowest BCUT2D eigenvalue weighted by atomic mass is 9.88. The number of carbonyl (C=O) groups excluding carboxylic acids is 1. The quantitative estimate of drug-likeness (QED) is 0.522. The van der Waals surface area contributed by atoms with Gasteiger partial charge in [0, 0.05) is 25.4 Å². The van der Waals surface area contributed by atoms with Crippen molar-refractivity contribution < 1.29 is 4.79 Å². The molecule has 116 valence electrons. The average molecular weight is 298 g/mol. The topological polar surface area (TPSA) is 46.3 Å². The Labute approximate surface area is 129 Å². The molecular weight excluding hydrogens is 268 g/mol. The molecule has 1 rings (SSSR count). The molecule has 1 amide bonds. The summed E-state index contributed by atoms with van der Waals surface area (Å²) in [6.45, 7) is 3.78. The second-order valence-corrected chi connectivity index (χ2v) is 6.46. The number of thiocarbonyl (C=S) groups is 1. The predicted octanol–water partition coefficient (Wildman–Crippen LogP) is 3.65. The van der Waals surface area contributed by atoms with Gasteiger partial charge in [-0.2, -0.15) is 0 Å². The monoisotopic (exact) mass is 298 g/mol. The van der Waals surface area contributed by atoms with Crippen molar-refractivity contribution in [1.82, 2.24) is 4.90 Å². The third kappa shape index (κ3) is 6.69. The van der Waals surface area contributed by atoms with Crippen LogP contribution in [-0.2, 0) is 4.79 Å². The first-order chi connectivity index (χ1) is 9.65. The minimum Gasteiger partial charge on any atom is -0.393 e. The highest BCUT2D eigenvalue weighted by atomic mass is 32.1. The van der Waals surface area contributed by atoms with E-state index >= 15 is 0 Å². The molecule has 3 nitrogen and oxygen atoms in total. The second kappa shape index (κ2) is 10.1. The van der Waals surface area contributed by atoms with Crippen molar-refractivity contribution in [2.75, 3.05) is 13.1 Å². The van der Waals surface area contributed by atoms with Gasteiger partial charge in [-0.15, -0.1) is 0 Å². The summed E-state index contributed by atoms with van der Waals surface area (Å²) in [5.41, 5.74) is 5.59. The van der Waals surface area contributed by atoms with E-state index in [9.17, 15) is 4.79 Å². The highest BCUT2D eigenvalue weighted by Crippen LogP contribution is 2.25. The molecule has 0 atom stereocenters. The van der Waals surface area contributed by atoms with Crippen LogP contribution in [0.5, 0.6) is 0 Å². The van der Waals surface area contributed by atoms with E-state index in [-0.39, 0.29) is 5.92 Å². The SMILES string of the molecule is CCCCCCN(CCC(N)=S)C(=O)C1CCCCC1. The Kier molecular flexibility index (Phi) is 8.83. The maximum atomic E-state index is 12.6. The Morgan fingerprint density at radius 1 is 1.15 bits per heavy atom. The van der Waals surface area contributed by atoms with E-state index in [0.29, 0.717) is 23.9 Å². The van der Waals surface area contributed by atoms with Crippen LogP contribution in [-0.4, -0.2) is 28.9 Å². The van der Waals surface area contributed by atoms with E-state index in [4.69, 9.17) is 18.0 Å². The van der Waals surface area contributed by atoms with Crippen molar-refractivity contribution in [3.63, 3.8) is 0 Å². The zero-order valence-corrected chi connectivity index (χ0v) is 13.7. The fraction of sp³-hybridized carbons (Fsp3) is 0.875. The van der Waals surface area contributed by atoms with Crippen LogP contribution in [0, 0.1) is 5.92 Å². The molecule has 1 saturated carbocycles. The number of unbranched alkanes of at least 4 members (excludes halogenated alkanes) is 3. The van der Waals surface area contributed by atoms with Crippen molar-refractivity contribution in [2.24, 2.45) is 11.7 Å². The van der Waals surface area contributed by atoms with Gasteiger partial charge in [0.05, 0.1) is 4.99 Å². The summed E-state index contributed by atoms with van der Waals surface area (Å²) < 4.78 is 0. The zero-order chi connectivity index (χ0) is 14.8. The summed E-state index contributed by atoms with van der Waals surface area (Å²) in [6, 6.07) is 0. The number of rotatable bonds is 9. The van der Waals surface area contributed by atoms with Crippen molar-refractivity contribution in [3.05, 3.63) is 0 Å². The van der Waals surface area contributed by atoms with Crippen LogP contribution in [0.4, 0.5) is 0 Å². The highest BCUT2D eigenvalue weighted by molar-refractivity contribution is 7.80. The molecule has 0 radical (unpaired) electrons. The van der Waals surface area contributed by atoms with Crippen LogP contribution in [0.25, 0.3) is 0 Å². The molecule has 1 fully saturated rings. The average Bonchev–Trinajstić information content (AvgIpc) is 2.46. The maximum Gasteiger partial charge on any atom is 0.225 e. The van der Waals surface area contributed by atoms with E-state index in [0.717, 1.165) is 25.8 Å². The summed E-state index contributed by atoms with van der Waals surface area (Å²) in [5.74, 6) is 0.596. The Morgan fingerprint density at radius 3 is 2.45 bits per heavy atom. The molecule has 0 aromatic heterocycles. The van der Waals surface area contributed by atoms with Gasteiger partial charge in [0.25, 0.3) is 0 Å². The molecule has 20 heavy (non-hydrogen) atoms. The van der Waals surface area contributed by atoms with Gasteiger partial charge < -0.3 is 10.6 Å². The summed E-state index contributed by atoms with van der Waals surface area (Å²) in [7, 11) is 0. The first kappa shape index (κ1) is 17.4. The van der Waals surface area contributed by atoms with Gasteiger partial charge in [-0.1, -0.05) is 57.7 Å². The largest absolute Gasteiger partial charge is 0.393 e. The van der Waals surface area contributed by atoms with E-state index in [1.165, 1.54) is 38.5 Å². The highest BCUT2D eigenvalue weighted by Gasteiger charge is 2.25. The molecule has 1 aliphatic carbocycles. The van der Waals surface area contributed by atoms with Gasteiger partial charge in [0.1, 0.15) is 0 Å². The van der Waals surface area contributed by atoms with Crippen LogP contribution in [0.3, 0.4) is 0 Å². The van der Waals surface area contributed by atoms with Crippen LogP contribution >= 0.6 is 12.2 Å². The molecule has 2 N–H and O–H groups in total. The van der Waals surface area contributed by atoms with Crippen molar-refractivity contribution >= 4 is 23.1 Å². The third-order valence-electron chi connectivity index (χ3n) is 4.18. The zero-order valence-electron chi connectivity index (χ0n) is 12.9. The summed E-state index contributed by atoms with van der Waals surface area (Å²) >= 11 is 4.95. The molecule has 0 aliphatic heterocycles. The van der Waals surface area contributed by atoms with Crippen LogP contribution in [0.1, 0.15) is 71.1 Å². The predicted molar refractivity (Wildman–Crippen MR) is 88.7 cm³/mol. The standard InChI is InChI=1S/C16H30N2OS/c1-2-3-4-8-12-18(13-11-15(17)20)16(19)14-9-6-5-7-10-14/h14H,2-13H2,1H3,(H2,17,20). The van der Waals surface area contributed by atoms with Crippen molar-refractivity contribution in [3.8, 4) is 0 Å². The maximum absolute atomic E-state index is 12.6. The van der Waals surface area contributed by atoms with E-state index in [1.807, 2.05) is 4.90 Å². The lowest BCUT2D eigenvalue weighted by Crippen LogP contribution is -2.39. The molecule has 1 aliphatic rings. The fourth-order valence-electron chi connectivity index (χ4n) is 2.91. The molecule has 4 heteroatoms. The summed E-state index contributed by atoms with van der Waals surface area (Å²) in [4.78, 5) is 15.1.